The van der Waals surface area contributed by atoms with E-state index in [-0.39, 0.29) is 17.9 Å². The van der Waals surface area contributed by atoms with E-state index in [1.165, 1.54) is 5.56 Å². The Balaban J connectivity index is 1.52. The topological polar surface area (TPSA) is 55.1 Å². The number of nitrogens with two attached hydrogens (primary N) is 1. The van der Waals surface area contributed by atoms with Crippen molar-refractivity contribution in [2.24, 2.45) is 11.7 Å². The van der Waals surface area contributed by atoms with Gasteiger partial charge in [0.15, 0.2) is 0 Å². The summed E-state index contributed by atoms with van der Waals surface area (Å²) in [6, 6.07) is 17.9. The summed E-state index contributed by atoms with van der Waals surface area (Å²) in [5, 5.41) is 2.98. The molecule has 3 unspecified atom stereocenters. The zero-order chi connectivity index (χ0) is 15.5. The molecule has 1 fully saturated rings. The third kappa shape index (κ3) is 3.57. The molecule has 4 heteroatoms. The Kier molecular flexibility index (Phi) is 4.60. The standard InChI is InChI=1S/C18H19BrN2O/c19-14-8-4-7-13(9-14)15-10-16(15)18(22)21-11-17(20)12-5-2-1-3-6-12/h1-9,15-17H,10-11,20H2,(H,21,22). The van der Waals surface area contributed by atoms with E-state index in [1.807, 2.05) is 42.5 Å². The van der Waals surface area contributed by atoms with Crippen LogP contribution in [-0.4, -0.2) is 12.5 Å². The van der Waals surface area contributed by atoms with Crippen LogP contribution in [0.2, 0.25) is 0 Å². The lowest BCUT2D eigenvalue weighted by Crippen LogP contribution is -2.33. The normalized spacial score (nSPS) is 21.2. The molecule has 1 amide bonds. The van der Waals surface area contributed by atoms with Crippen molar-refractivity contribution in [3.63, 3.8) is 0 Å². The average Bonchev–Trinajstić information content (AvgIpc) is 3.34. The molecule has 3 N–H and O–H groups in total. The van der Waals surface area contributed by atoms with Gasteiger partial charge in [-0.25, -0.2) is 0 Å². The molecule has 3 atom stereocenters. The van der Waals surface area contributed by atoms with E-state index in [2.05, 4.69) is 33.4 Å². The summed E-state index contributed by atoms with van der Waals surface area (Å²) in [5.74, 6) is 0.527. The lowest BCUT2D eigenvalue weighted by molar-refractivity contribution is -0.122. The second-order valence-electron chi connectivity index (χ2n) is 5.77. The highest BCUT2D eigenvalue weighted by Crippen LogP contribution is 2.47. The van der Waals surface area contributed by atoms with Crippen molar-refractivity contribution >= 4 is 21.8 Å². The molecule has 2 aromatic rings. The molecule has 22 heavy (non-hydrogen) atoms. The minimum Gasteiger partial charge on any atom is -0.354 e. The van der Waals surface area contributed by atoms with Gasteiger partial charge in [0.1, 0.15) is 0 Å². The van der Waals surface area contributed by atoms with Crippen LogP contribution in [0.3, 0.4) is 0 Å². The minimum atomic E-state index is -0.159. The van der Waals surface area contributed by atoms with Gasteiger partial charge >= 0.3 is 0 Å². The Morgan fingerprint density at radius 3 is 2.73 bits per heavy atom. The van der Waals surface area contributed by atoms with E-state index in [4.69, 9.17) is 5.73 Å². The number of benzene rings is 2. The summed E-state index contributed by atoms with van der Waals surface area (Å²) < 4.78 is 1.06. The lowest BCUT2D eigenvalue weighted by atomic mass is 10.1. The van der Waals surface area contributed by atoms with Crippen molar-refractivity contribution in [2.45, 2.75) is 18.4 Å². The van der Waals surface area contributed by atoms with E-state index in [0.29, 0.717) is 12.5 Å². The highest BCUT2D eigenvalue weighted by atomic mass is 79.9. The molecule has 3 nitrogen and oxygen atoms in total. The molecule has 114 valence electrons. The van der Waals surface area contributed by atoms with E-state index in [1.54, 1.807) is 0 Å². The van der Waals surface area contributed by atoms with Gasteiger partial charge in [-0.2, -0.15) is 0 Å². The first kappa shape index (κ1) is 15.3. The molecule has 1 saturated carbocycles. The van der Waals surface area contributed by atoms with Crippen molar-refractivity contribution in [3.05, 3.63) is 70.2 Å². The van der Waals surface area contributed by atoms with Crippen molar-refractivity contribution in [1.82, 2.24) is 5.32 Å². The van der Waals surface area contributed by atoms with E-state index >= 15 is 0 Å². The molecule has 0 radical (unpaired) electrons. The number of hydrogen-bond donors (Lipinski definition) is 2. The maximum Gasteiger partial charge on any atom is 0.223 e. The summed E-state index contributed by atoms with van der Waals surface area (Å²) in [6.07, 6.45) is 0.920. The fourth-order valence-corrected chi connectivity index (χ4v) is 3.17. The zero-order valence-electron chi connectivity index (χ0n) is 12.2. The summed E-state index contributed by atoms with van der Waals surface area (Å²) in [6.45, 7) is 0.477. The molecule has 0 saturated heterocycles. The molecule has 0 heterocycles. The first-order chi connectivity index (χ1) is 10.6. The molecular weight excluding hydrogens is 340 g/mol. The summed E-state index contributed by atoms with van der Waals surface area (Å²) in [5.41, 5.74) is 8.38. The van der Waals surface area contributed by atoms with Crippen LogP contribution >= 0.6 is 15.9 Å². The lowest BCUT2D eigenvalue weighted by Gasteiger charge is -2.13. The van der Waals surface area contributed by atoms with Gasteiger partial charge in [0.25, 0.3) is 0 Å². The first-order valence-corrected chi connectivity index (χ1v) is 8.28. The van der Waals surface area contributed by atoms with Crippen molar-refractivity contribution in [2.75, 3.05) is 6.54 Å². The number of rotatable bonds is 5. The quantitative estimate of drug-likeness (QED) is 0.860. The molecule has 1 aliphatic carbocycles. The van der Waals surface area contributed by atoms with Gasteiger partial charge in [-0.05, 0) is 35.6 Å². The molecule has 0 aromatic heterocycles. The van der Waals surface area contributed by atoms with Crippen molar-refractivity contribution in [1.29, 1.82) is 0 Å². The second kappa shape index (κ2) is 6.63. The predicted octanol–water partition coefficient (Wildman–Crippen LogP) is 3.37. The number of halogens is 1. The minimum absolute atomic E-state index is 0.0808. The van der Waals surface area contributed by atoms with Gasteiger partial charge in [-0.15, -0.1) is 0 Å². The highest BCUT2D eigenvalue weighted by Gasteiger charge is 2.43. The molecule has 1 aliphatic rings. The van der Waals surface area contributed by atoms with Gasteiger partial charge in [-0.3, -0.25) is 4.79 Å². The molecule has 0 spiro atoms. The summed E-state index contributed by atoms with van der Waals surface area (Å²) >= 11 is 3.47. The number of carbonyl (C=O) groups is 1. The van der Waals surface area contributed by atoms with E-state index < -0.39 is 0 Å². The third-order valence-electron chi connectivity index (χ3n) is 4.13. The Labute approximate surface area is 139 Å². The SMILES string of the molecule is NC(CNC(=O)C1CC1c1cccc(Br)c1)c1ccccc1. The highest BCUT2D eigenvalue weighted by molar-refractivity contribution is 9.10. The largest absolute Gasteiger partial charge is 0.354 e. The molecule has 2 aromatic carbocycles. The molecule has 0 bridgehead atoms. The number of carbonyl (C=O) groups excluding carboxylic acids is 1. The Hall–Kier alpha value is -1.65. The fourth-order valence-electron chi connectivity index (χ4n) is 2.75. The zero-order valence-corrected chi connectivity index (χ0v) is 13.8. The van der Waals surface area contributed by atoms with Gasteiger partial charge in [-0.1, -0.05) is 58.4 Å². The monoisotopic (exact) mass is 358 g/mol. The van der Waals surface area contributed by atoms with Crippen LogP contribution in [0, 0.1) is 5.92 Å². The summed E-state index contributed by atoms with van der Waals surface area (Å²) in [4.78, 5) is 12.2. The van der Waals surface area contributed by atoms with Gasteiger partial charge in [0.05, 0.1) is 0 Å². The fraction of sp³-hybridized carbons (Fsp3) is 0.278. The average molecular weight is 359 g/mol. The van der Waals surface area contributed by atoms with Crippen LogP contribution in [0.25, 0.3) is 0 Å². The van der Waals surface area contributed by atoms with Crippen LogP contribution in [0.1, 0.15) is 29.5 Å². The predicted molar refractivity (Wildman–Crippen MR) is 91.4 cm³/mol. The first-order valence-electron chi connectivity index (χ1n) is 7.49. The Morgan fingerprint density at radius 2 is 2.00 bits per heavy atom. The van der Waals surface area contributed by atoms with Crippen molar-refractivity contribution < 1.29 is 4.79 Å². The van der Waals surface area contributed by atoms with Crippen LogP contribution in [0.15, 0.2) is 59.1 Å². The Morgan fingerprint density at radius 1 is 1.23 bits per heavy atom. The number of amides is 1. The smallest absolute Gasteiger partial charge is 0.223 e. The van der Waals surface area contributed by atoms with Crippen molar-refractivity contribution in [3.8, 4) is 0 Å². The van der Waals surface area contributed by atoms with Gasteiger partial charge < -0.3 is 11.1 Å². The summed E-state index contributed by atoms with van der Waals surface area (Å²) in [7, 11) is 0. The number of hydrogen-bond acceptors (Lipinski definition) is 2. The van der Waals surface area contributed by atoms with Gasteiger partial charge in [0, 0.05) is 23.0 Å². The maximum absolute atomic E-state index is 12.2. The number of nitrogens with one attached hydrogen (secondary N) is 1. The second-order valence-corrected chi connectivity index (χ2v) is 6.68. The van der Waals surface area contributed by atoms with Crippen LogP contribution < -0.4 is 11.1 Å². The molecule has 0 aliphatic heterocycles. The molecular formula is C18H19BrN2O. The van der Waals surface area contributed by atoms with Gasteiger partial charge in [0.2, 0.25) is 5.91 Å². The van der Waals surface area contributed by atoms with Crippen LogP contribution in [0.5, 0.6) is 0 Å². The maximum atomic E-state index is 12.2. The molecule has 3 rings (SSSR count). The van der Waals surface area contributed by atoms with E-state index in [0.717, 1.165) is 16.5 Å². The third-order valence-corrected chi connectivity index (χ3v) is 4.62. The van der Waals surface area contributed by atoms with E-state index in [9.17, 15) is 4.79 Å². The van der Waals surface area contributed by atoms with Crippen LogP contribution in [-0.2, 0) is 4.79 Å². The van der Waals surface area contributed by atoms with Crippen LogP contribution in [0.4, 0.5) is 0 Å². The Bertz CT molecular complexity index is 659.